The second-order valence-corrected chi connectivity index (χ2v) is 7.34. The lowest BCUT2D eigenvalue weighted by atomic mass is 9.89. The zero-order chi connectivity index (χ0) is 19.3. The lowest BCUT2D eigenvalue weighted by Crippen LogP contribution is -2.45. The smallest absolute Gasteiger partial charge is 0.339 e. The van der Waals surface area contributed by atoms with Crippen molar-refractivity contribution in [3.8, 4) is 0 Å². The number of esters is 1. The summed E-state index contributed by atoms with van der Waals surface area (Å²) >= 11 is 11.7. The molecule has 0 unspecified atom stereocenters. The van der Waals surface area contributed by atoms with Crippen LogP contribution in [-0.2, 0) is 10.3 Å². The molecule has 0 aliphatic heterocycles. The third-order valence-corrected chi connectivity index (χ3v) is 5.28. The van der Waals surface area contributed by atoms with Gasteiger partial charge in [0.15, 0.2) is 5.11 Å². The van der Waals surface area contributed by atoms with E-state index in [4.69, 9.17) is 28.6 Å². The Bertz CT molecular complexity index is 823. The minimum absolute atomic E-state index is 0.214. The monoisotopic (exact) mass is 403 g/mol. The van der Waals surface area contributed by atoms with E-state index in [1.165, 1.54) is 0 Å². The maximum Gasteiger partial charge on any atom is 0.339 e. The summed E-state index contributed by atoms with van der Waals surface area (Å²) in [6.07, 6.45) is 7.93. The van der Waals surface area contributed by atoms with Gasteiger partial charge in [-0.25, -0.2) is 4.79 Å². The number of ether oxygens (including phenoxy) is 1. The minimum atomic E-state index is -0.451. The van der Waals surface area contributed by atoms with E-state index in [9.17, 15) is 4.79 Å². The number of aromatic nitrogens is 1. The van der Waals surface area contributed by atoms with Crippen molar-refractivity contribution in [1.29, 1.82) is 0 Å². The zero-order valence-corrected chi connectivity index (χ0v) is 16.7. The molecule has 0 radical (unpaired) electrons. The minimum Gasteiger partial charge on any atom is -0.462 e. The zero-order valence-electron chi connectivity index (χ0n) is 15.1. The Kier molecular flexibility index (Phi) is 6.29. The van der Waals surface area contributed by atoms with Crippen molar-refractivity contribution >= 4 is 40.6 Å². The van der Waals surface area contributed by atoms with Crippen LogP contribution in [0.2, 0.25) is 5.02 Å². The highest BCUT2D eigenvalue weighted by atomic mass is 35.5. The average molecular weight is 404 g/mol. The van der Waals surface area contributed by atoms with E-state index in [0.717, 1.165) is 31.2 Å². The first-order valence-corrected chi connectivity index (χ1v) is 9.79. The maximum absolute atomic E-state index is 12.0. The van der Waals surface area contributed by atoms with E-state index >= 15 is 0 Å². The Morgan fingerprint density at radius 1 is 1.33 bits per heavy atom. The Morgan fingerprint density at radius 3 is 2.78 bits per heavy atom. The molecule has 3 rings (SSSR count). The average Bonchev–Trinajstić information content (AvgIpc) is 3.13. The molecule has 1 aromatic heterocycles. The number of carbonyl (C=O) groups is 1. The van der Waals surface area contributed by atoms with Gasteiger partial charge in [-0.05, 0) is 61.8 Å². The Balaban J connectivity index is 1.75. The van der Waals surface area contributed by atoms with E-state index in [1.54, 1.807) is 31.3 Å². The molecule has 2 aromatic rings. The Hall–Kier alpha value is -2.18. The normalized spacial score (nSPS) is 15.2. The van der Waals surface area contributed by atoms with Gasteiger partial charge < -0.3 is 15.4 Å². The van der Waals surface area contributed by atoms with Gasteiger partial charge in [-0.3, -0.25) is 4.98 Å². The first kappa shape index (κ1) is 19.6. The molecule has 1 aromatic carbocycles. The van der Waals surface area contributed by atoms with Crippen LogP contribution >= 0.6 is 23.8 Å². The lowest BCUT2D eigenvalue weighted by Gasteiger charge is -2.32. The molecule has 7 heteroatoms. The van der Waals surface area contributed by atoms with Gasteiger partial charge in [0.25, 0.3) is 0 Å². The fraction of sp³-hybridized carbons (Fsp3) is 0.350. The largest absolute Gasteiger partial charge is 0.462 e. The molecule has 1 heterocycles. The number of rotatable bonds is 5. The van der Waals surface area contributed by atoms with Crippen LogP contribution in [0.4, 0.5) is 5.69 Å². The van der Waals surface area contributed by atoms with Crippen LogP contribution in [-0.4, -0.2) is 22.7 Å². The van der Waals surface area contributed by atoms with Gasteiger partial charge in [0.05, 0.1) is 22.7 Å². The summed E-state index contributed by atoms with van der Waals surface area (Å²) < 4.78 is 5.04. The summed E-state index contributed by atoms with van der Waals surface area (Å²) in [5.41, 5.74) is 1.91. The van der Waals surface area contributed by atoms with E-state index < -0.39 is 5.97 Å². The number of pyridine rings is 1. The van der Waals surface area contributed by atoms with Crippen molar-refractivity contribution in [2.24, 2.45) is 0 Å². The number of benzene rings is 1. The molecular weight excluding hydrogens is 382 g/mol. The number of nitrogens with zero attached hydrogens (tertiary/aromatic N) is 1. The molecule has 1 aliphatic carbocycles. The molecular formula is C20H22ClN3O2S. The molecule has 142 valence electrons. The summed E-state index contributed by atoms with van der Waals surface area (Å²) in [4.78, 5) is 16.3. The fourth-order valence-corrected chi connectivity index (χ4v) is 3.97. The number of hydrogen-bond acceptors (Lipinski definition) is 4. The van der Waals surface area contributed by atoms with E-state index in [-0.39, 0.29) is 5.54 Å². The predicted molar refractivity (Wildman–Crippen MR) is 111 cm³/mol. The summed E-state index contributed by atoms with van der Waals surface area (Å²) in [5, 5.41) is 7.48. The third-order valence-electron chi connectivity index (χ3n) is 4.74. The molecule has 5 nitrogen and oxygen atoms in total. The lowest BCUT2D eigenvalue weighted by molar-refractivity contribution is 0.0526. The van der Waals surface area contributed by atoms with Gasteiger partial charge in [-0.2, -0.15) is 0 Å². The van der Waals surface area contributed by atoms with Crippen molar-refractivity contribution in [2.75, 3.05) is 11.9 Å². The summed E-state index contributed by atoms with van der Waals surface area (Å²) in [5.74, 6) is -0.451. The molecule has 0 spiro atoms. The molecule has 2 N–H and O–H groups in total. The third kappa shape index (κ3) is 4.57. The second kappa shape index (κ2) is 8.67. The molecule has 0 bridgehead atoms. The van der Waals surface area contributed by atoms with E-state index in [2.05, 4.69) is 21.7 Å². The second-order valence-electron chi connectivity index (χ2n) is 6.53. The quantitative estimate of drug-likeness (QED) is 0.558. The maximum atomic E-state index is 12.0. The number of thiocarbonyl (C=S) groups is 1. The van der Waals surface area contributed by atoms with Crippen LogP contribution in [0.1, 0.15) is 48.5 Å². The van der Waals surface area contributed by atoms with Crippen LogP contribution in [0.3, 0.4) is 0 Å². The van der Waals surface area contributed by atoms with Crippen molar-refractivity contribution in [3.63, 3.8) is 0 Å². The van der Waals surface area contributed by atoms with Gasteiger partial charge >= 0.3 is 5.97 Å². The molecule has 1 fully saturated rings. The predicted octanol–water partition coefficient (Wildman–Crippen LogP) is 4.67. The van der Waals surface area contributed by atoms with Crippen molar-refractivity contribution in [2.45, 2.75) is 38.1 Å². The van der Waals surface area contributed by atoms with E-state index in [1.807, 2.05) is 12.3 Å². The van der Waals surface area contributed by atoms with Gasteiger partial charge in [-0.1, -0.05) is 30.5 Å². The number of anilines is 1. The summed E-state index contributed by atoms with van der Waals surface area (Å²) in [7, 11) is 0. The van der Waals surface area contributed by atoms with E-state index in [0.29, 0.717) is 28.0 Å². The Labute approximate surface area is 169 Å². The van der Waals surface area contributed by atoms with Crippen LogP contribution in [0, 0.1) is 0 Å². The molecule has 0 saturated heterocycles. The standard InChI is InChI=1S/C20H22ClN3O2S/c1-2-26-18(25)16-12-15(7-8-17(16)21)23-19(27)24-20(9-3-4-10-20)14-6-5-11-22-13-14/h5-8,11-13H,2-4,9-10H2,1H3,(H2,23,24,27). The fourth-order valence-electron chi connectivity index (χ4n) is 3.46. The first-order valence-electron chi connectivity index (χ1n) is 9.00. The molecule has 27 heavy (non-hydrogen) atoms. The van der Waals surface area contributed by atoms with Crippen LogP contribution in [0.15, 0.2) is 42.7 Å². The van der Waals surface area contributed by atoms with Crippen molar-refractivity contribution in [1.82, 2.24) is 10.3 Å². The van der Waals surface area contributed by atoms with Gasteiger partial charge in [-0.15, -0.1) is 0 Å². The van der Waals surface area contributed by atoms with Crippen LogP contribution in [0.5, 0.6) is 0 Å². The molecule has 0 atom stereocenters. The molecule has 0 amide bonds. The molecule has 1 aliphatic rings. The number of nitrogens with one attached hydrogen (secondary N) is 2. The number of hydrogen-bond donors (Lipinski definition) is 2. The SMILES string of the molecule is CCOC(=O)c1cc(NC(=S)NC2(c3cccnc3)CCCC2)ccc1Cl. The Morgan fingerprint density at radius 2 is 2.11 bits per heavy atom. The highest BCUT2D eigenvalue weighted by Gasteiger charge is 2.36. The first-order chi connectivity index (χ1) is 13.0. The summed E-state index contributed by atoms with van der Waals surface area (Å²) in [6, 6.07) is 9.11. The van der Waals surface area contributed by atoms with Crippen LogP contribution < -0.4 is 10.6 Å². The van der Waals surface area contributed by atoms with Gasteiger partial charge in [0, 0.05) is 18.1 Å². The highest BCUT2D eigenvalue weighted by Crippen LogP contribution is 2.38. The number of halogens is 1. The van der Waals surface area contributed by atoms with Crippen molar-refractivity contribution < 1.29 is 9.53 Å². The van der Waals surface area contributed by atoms with Gasteiger partial charge in [0.2, 0.25) is 0 Å². The summed E-state index contributed by atoms with van der Waals surface area (Å²) in [6.45, 7) is 2.05. The molecule has 1 saturated carbocycles. The highest BCUT2D eigenvalue weighted by molar-refractivity contribution is 7.80. The van der Waals surface area contributed by atoms with Crippen molar-refractivity contribution in [3.05, 3.63) is 58.9 Å². The van der Waals surface area contributed by atoms with Crippen LogP contribution in [0.25, 0.3) is 0 Å². The topological polar surface area (TPSA) is 63.2 Å². The van der Waals surface area contributed by atoms with Gasteiger partial charge in [0.1, 0.15) is 0 Å². The number of carbonyl (C=O) groups excluding carboxylic acids is 1.